The molecule has 2 saturated heterocycles. The number of ether oxygens (including phenoxy) is 2. The van der Waals surface area contributed by atoms with E-state index in [9.17, 15) is 9.59 Å². The van der Waals surface area contributed by atoms with Crippen LogP contribution in [0.2, 0.25) is 0 Å². The minimum Gasteiger partial charge on any atom is -0.371 e. The Hall–Kier alpha value is -7.22. The van der Waals surface area contributed by atoms with Crippen LogP contribution >= 0.6 is 0 Å². The normalized spacial score (nSPS) is 16.3. The van der Waals surface area contributed by atoms with Crippen molar-refractivity contribution >= 4 is 23.2 Å². The standard InChI is InChI=1S/2C19H17N7O2/c20-7-16-9-22-11-18(24-16)26-12-14(8-23-26)19(27)25-15-3-1-13(2-4-15)17-10-21-5-6-28-17;20-9-16-18(23-6-5-22-16)26-12-14(10-24-26)19(27)25-15-3-1-13(2-4-15)17-11-21-7-8-28-17/h1-4,8-9,11-12,17,21H,5-6,10H2,(H,25,27);1-6,10,12,17,21H,7-8,11H2,(H,25,27)/t2*17-/m11/s1. The van der Waals surface area contributed by atoms with Crippen molar-refractivity contribution in [1.29, 1.82) is 10.5 Å². The van der Waals surface area contributed by atoms with Gasteiger partial charge in [0.15, 0.2) is 23.0 Å². The number of hydrogen-bond donors (Lipinski definition) is 4. The maximum Gasteiger partial charge on any atom is 0.258 e. The van der Waals surface area contributed by atoms with Crippen LogP contribution in [0.3, 0.4) is 0 Å². The van der Waals surface area contributed by atoms with E-state index in [1.807, 2.05) is 60.7 Å². The summed E-state index contributed by atoms with van der Waals surface area (Å²) < 4.78 is 14.2. The molecule has 2 aromatic carbocycles. The maximum absolute atomic E-state index is 12.5. The summed E-state index contributed by atoms with van der Waals surface area (Å²) in [6, 6.07) is 19.0. The molecule has 2 aliphatic rings. The molecule has 18 heteroatoms. The van der Waals surface area contributed by atoms with E-state index in [-0.39, 0.29) is 41.2 Å². The quantitative estimate of drug-likeness (QED) is 0.175. The molecule has 0 saturated carbocycles. The molecule has 8 rings (SSSR count). The number of anilines is 2. The molecule has 0 bridgehead atoms. The molecular formula is C38H34N14O4. The predicted octanol–water partition coefficient (Wildman–Crippen LogP) is 2.89. The lowest BCUT2D eigenvalue weighted by Crippen LogP contribution is -2.33. The number of nitrogens with zero attached hydrogens (tertiary/aromatic N) is 10. The van der Waals surface area contributed by atoms with E-state index in [1.165, 1.54) is 58.9 Å². The van der Waals surface area contributed by atoms with Crippen LogP contribution in [0.25, 0.3) is 11.6 Å². The van der Waals surface area contributed by atoms with Gasteiger partial charge >= 0.3 is 0 Å². The Balaban J connectivity index is 0.000000172. The first-order valence-electron chi connectivity index (χ1n) is 17.5. The first kappa shape index (κ1) is 37.1. The SMILES string of the molecule is N#Cc1cncc(-n2cc(C(=O)Nc3ccc([C@H]4CNCCO4)cc3)cn2)n1.N#Cc1nccnc1-n1cc(C(=O)Nc2ccc([C@H]3CNCCO3)cc2)cn1. The molecule has 2 aliphatic heterocycles. The van der Waals surface area contributed by atoms with Gasteiger partial charge in [-0.05, 0) is 35.4 Å². The van der Waals surface area contributed by atoms with E-state index in [0.717, 1.165) is 37.3 Å². The fourth-order valence-corrected chi connectivity index (χ4v) is 5.75. The highest BCUT2D eigenvalue weighted by molar-refractivity contribution is 6.04. The third-order valence-electron chi connectivity index (χ3n) is 8.60. The number of carbonyl (C=O) groups is 2. The van der Waals surface area contributed by atoms with Gasteiger partial charge in [0.25, 0.3) is 11.8 Å². The van der Waals surface area contributed by atoms with Gasteiger partial charge in [-0.1, -0.05) is 24.3 Å². The summed E-state index contributed by atoms with van der Waals surface area (Å²) in [7, 11) is 0. The van der Waals surface area contributed by atoms with Gasteiger partial charge < -0.3 is 30.7 Å². The van der Waals surface area contributed by atoms with E-state index in [4.69, 9.17) is 20.0 Å². The number of amides is 2. The van der Waals surface area contributed by atoms with Crippen LogP contribution in [-0.4, -0.2) is 90.7 Å². The molecule has 6 heterocycles. The number of hydrogen-bond acceptors (Lipinski definition) is 14. The van der Waals surface area contributed by atoms with E-state index >= 15 is 0 Å². The second-order valence-electron chi connectivity index (χ2n) is 12.3. The number of nitriles is 2. The van der Waals surface area contributed by atoms with Gasteiger partial charge in [0.2, 0.25) is 0 Å². The van der Waals surface area contributed by atoms with Gasteiger partial charge in [0.05, 0.1) is 61.3 Å². The Kier molecular flexibility index (Phi) is 11.8. The minimum absolute atomic E-state index is 0.0260. The van der Waals surface area contributed by atoms with E-state index in [0.29, 0.717) is 41.5 Å². The lowest BCUT2D eigenvalue weighted by molar-refractivity contribution is 0.0276. The highest BCUT2D eigenvalue weighted by Crippen LogP contribution is 2.22. The zero-order chi connectivity index (χ0) is 38.7. The molecule has 6 aromatic rings. The largest absolute Gasteiger partial charge is 0.371 e. The van der Waals surface area contributed by atoms with Gasteiger partial charge in [-0.15, -0.1) is 0 Å². The molecule has 4 aromatic heterocycles. The van der Waals surface area contributed by atoms with E-state index in [2.05, 4.69) is 51.4 Å². The van der Waals surface area contributed by atoms with Crippen molar-refractivity contribution in [1.82, 2.24) is 50.1 Å². The first-order valence-corrected chi connectivity index (χ1v) is 17.5. The molecule has 0 unspecified atom stereocenters. The predicted molar refractivity (Wildman–Crippen MR) is 200 cm³/mol. The van der Waals surface area contributed by atoms with Gasteiger partial charge in [-0.3, -0.25) is 14.6 Å². The molecule has 2 amide bonds. The molecule has 18 nitrogen and oxygen atoms in total. The highest BCUT2D eigenvalue weighted by atomic mass is 16.5. The molecule has 280 valence electrons. The molecule has 4 N–H and O–H groups in total. The number of rotatable bonds is 8. The highest BCUT2D eigenvalue weighted by Gasteiger charge is 2.18. The number of aromatic nitrogens is 8. The average Bonchev–Trinajstić information content (AvgIpc) is 3.97. The molecule has 2 atom stereocenters. The zero-order valence-corrected chi connectivity index (χ0v) is 29.7. The van der Waals surface area contributed by atoms with Crippen LogP contribution in [0.4, 0.5) is 11.4 Å². The molecule has 2 fully saturated rings. The van der Waals surface area contributed by atoms with Gasteiger partial charge in [-0.25, -0.2) is 24.3 Å². The molecule has 0 aliphatic carbocycles. The Morgan fingerprint density at radius 2 is 1.27 bits per heavy atom. The smallest absolute Gasteiger partial charge is 0.258 e. The summed E-state index contributed by atoms with van der Waals surface area (Å²) in [6.45, 7) is 4.66. The van der Waals surface area contributed by atoms with Crippen LogP contribution in [0, 0.1) is 22.7 Å². The van der Waals surface area contributed by atoms with Crippen LogP contribution in [0.5, 0.6) is 0 Å². The summed E-state index contributed by atoms with van der Waals surface area (Å²) in [5.74, 6) is 0.0361. The Labute approximate surface area is 320 Å². The summed E-state index contributed by atoms with van der Waals surface area (Å²) in [5.41, 5.74) is 4.49. The molecule has 56 heavy (non-hydrogen) atoms. The average molecular weight is 751 g/mol. The molecule has 0 spiro atoms. The molecular weight excluding hydrogens is 717 g/mol. The number of benzene rings is 2. The van der Waals surface area contributed by atoms with Gasteiger partial charge in [0.1, 0.15) is 12.1 Å². The number of morpholine rings is 2. The Morgan fingerprint density at radius 3 is 1.80 bits per heavy atom. The second-order valence-corrected chi connectivity index (χ2v) is 12.3. The third kappa shape index (κ3) is 9.10. The fourth-order valence-electron chi connectivity index (χ4n) is 5.75. The number of nitrogens with one attached hydrogen (secondary N) is 4. The topological polar surface area (TPSA) is 236 Å². The van der Waals surface area contributed by atoms with E-state index in [1.54, 1.807) is 0 Å². The van der Waals surface area contributed by atoms with E-state index < -0.39 is 0 Å². The summed E-state index contributed by atoms with van der Waals surface area (Å²) in [4.78, 5) is 41.1. The fraction of sp³-hybridized carbons (Fsp3) is 0.211. The van der Waals surface area contributed by atoms with Crippen molar-refractivity contribution in [3.63, 3.8) is 0 Å². The Morgan fingerprint density at radius 1 is 0.714 bits per heavy atom. The van der Waals surface area contributed by atoms with Crippen LogP contribution in [-0.2, 0) is 9.47 Å². The lowest BCUT2D eigenvalue weighted by atomic mass is 10.1. The maximum atomic E-state index is 12.5. The molecule has 0 radical (unpaired) electrons. The minimum atomic E-state index is -0.308. The summed E-state index contributed by atoms with van der Waals surface area (Å²) in [6.07, 6.45) is 11.7. The first-order chi connectivity index (χ1) is 27.5. The van der Waals surface area contributed by atoms with Crippen LogP contribution in [0.1, 0.15) is 55.4 Å². The monoisotopic (exact) mass is 750 g/mol. The van der Waals surface area contributed by atoms with Crippen molar-refractivity contribution in [2.24, 2.45) is 0 Å². The van der Waals surface area contributed by atoms with Crippen LogP contribution < -0.4 is 21.3 Å². The van der Waals surface area contributed by atoms with Crippen LogP contribution in [0.15, 0.2) is 98.1 Å². The third-order valence-corrected chi connectivity index (χ3v) is 8.60. The lowest BCUT2D eigenvalue weighted by Gasteiger charge is -2.24. The number of carbonyl (C=O) groups excluding carboxylic acids is 2. The van der Waals surface area contributed by atoms with Crippen molar-refractivity contribution in [2.45, 2.75) is 12.2 Å². The van der Waals surface area contributed by atoms with Crippen molar-refractivity contribution in [2.75, 3.05) is 50.0 Å². The van der Waals surface area contributed by atoms with Crippen molar-refractivity contribution < 1.29 is 19.1 Å². The Bertz CT molecular complexity index is 2370. The zero-order valence-electron chi connectivity index (χ0n) is 29.7. The van der Waals surface area contributed by atoms with Crippen molar-refractivity contribution in [3.8, 4) is 23.8 Å². The van der Waals surface area contributed by atoms with Gasteiger partial charge in [-0.2, -0.15) is 20.7 Å². The second kappa shape index (κ2) is 17.7. The van der Waals surface area contributed by atoms with Gasteiger partial charge in [0, 0.05) is 62.3 Å². The summed E-state index contributed by atoms with van der Waals surface area (Å²) >= 11 is 0. The van der Waals surface area contributed by atoms with Crippen molar-refractivity contribution in [3.05, 3.63) is 132 Å². The summed E-state index contributed by atoms with van der Waals surface area (Å²) in [5, 5.41) is 38.5.